The SMILES string of the molecule is COCCCn1c(=O)c(C(=O)NCC(F)(F)F)nc2cccnc21. The van der Waals surface area contributed by atoms with Crippen molar-refractivity contribution in [1.82, 2.24) is 19.9 Å². The van der Waals surface area contributed by atoms with E-state index >= 15 is 0 Å². The Hall–Kier alpha value is -2.49. The van der Waals surface area contributed by atoms with Crippen LogP contribution in [0.25, 0.3) is 11.2 Å². The number of fused-ring (bicyclic) bond motifs is 1. The van der Waals surface area contributed by atoms with Gasteiger partial charge in [-0.25, -0.2) is 9.97 Å². The Morgan fingerprint density at radius 1 is 1.42 bits per heavy atom. The second-order valence-electron chi connectivity index (χ2n) is 4.91. The molecule has 2 rings (SSSR count). The number of alkyl halides is 3. The maximum absolute atomic E-state index is 12.4. The molecule has 0 atom stereocenters. The van der Waals surface area contributed by atoms with Crippen molar-refractivity contribution in [2.24, 2.45) is 0 Å². The molecular formula is C14H15F3N4O3. The van der Waals surface area contributed by atoms with E-state index in [-0.39, 0.29) is 17.7 Å². The third kappa shape index (κ3) is 4.28. The lowest BCUT2D eigenvalue weighted by Gasteiger charge is -2.12. The molecule has 1 amide bonds. The molecule has 0 aliphatic heterocycles. The van der Waals surface area contributed by atoms with Crippen LogP contribution in [-0.2, 0) is 11.3 Å². The number of hydrogen-bond donors (Lipinski definition) is 1. The predicted molar refractivity (Wildman–Crippen MR) is 78.7 cm³/mol. The lowest BCUT2D eigenvalue weighted by Crippen LogP contribution is -2.39. The number of aryl methyl sites for hydroxylation is 1. The topological polar surface area (TPSA) is 86.1 Å². The molecule has 0 aromatic carbocycles. The number of carbonyl (C=O) groups is 1. The number of halogens is 3. The fourth-order valence-electron chi connectivity index (χ4n) is 2.06. The summed E-state index contributed by atoms with van der Waals surface area (Å²) in [6.45, 7) is -0.970. The number of methoxy groups -OCH3 is 1. The van der Waals surface area contributed by atoms with E-state index in [9.17, 15) is 22.8 Å². The van der Waals surface area contributed by atoms with Gasteiger partial charge in [-0.05, 0) is 18.6 Å². The third-order valence-electron chi connectivity index (χ3n) is 3.10. The van der Waals surface area contributed by atoms with Gasteiger partial charge in [0.05, 0.1) is 0 Å². The molecule has 0 saturated carbocycles. The number of amides is 1. The number of aromatic nitrogens is 3. The Labute approximate surface area is 134 Å². The molecule has 0 fully saturated rings. The highest BCUT2D eigenvalue weighted by Gasteiger charge is 2.29. The van der Waals surface area contributed by atoms with Crippen LogP contribution in [0.3, 0.4) is 0 Å². The zero-order chi connectivity index (χ0) is 17.7. The van der Waals surface area contributed by atoms with Gasteiger partial charge >= 0.3 is 6.18 Å². The smallest absolute Gasteiger partial charge is 0.385 e. The van der Waals surface area contributed by atoms with Crippen molar-refractivity contribution in [3.05, 3.63) is 34.4 Å². The zero-order valence-electron chi connectivity index (χ0n) is 12.8. The molecule has 0 bridgehead atoms. The van der Waals surface area contributed by atoms with Gasteiger partial charge in [-0.1, -0.05) is 0 Å². The van der Waals surface area contributed by atoms with E-state index in [2.05, 4.69) is 9.97 Å². The van der Waals surface area contributed by atoms with Gasteiger partial charge < -0.3 is 10.1 Å². The first-order chi connectivity index (χ1) is 11.3. The molecule has 0 spiro atoms. The van der Waals surface area contributed by atoms with E-state index in [4.69, 9.17) is 4.74 Å². The molecule has 24 heavy (non-hydrogen) atoms. The first-order valence-electron chi connectivity index (χ1n) is 7.03. The monoisotopic (exact) mass is 344 g/mol. The minimum atomic E-state index is -4.58. The van der Waals surface area contributed by atoms with Crippen molar-refractivity contribution in [1.29, 1.82) is 0 Å². The summed E-state index contributed by atoms with van der Waals surface area (Å²) in [6, 6.07) is 3.08. The fourth-order valence-corrected chi connectivity index (χ4v) is 2.06. The molecular weight excluding hydrogens is 329 g/mol. The maximum atomic E-state index is 12.4. The van der Waals surface area contributed by atoms with Gasteiger partial charge in [0.25, 0.3) is 11.5 Å². The highest BCUT2D eigenvalue weighted by Crippen LogP contribution is 2.13. The van der Waals surface area contributed by atoms with E-state index in [0.717, 1.165) is 0 Å². The summed E-state index contributed by atoms with van der Waals surface area (Å²) in [5.74, 6) is -1.18. The number of nitrogens with zero attached hydrogens (tertiary/aromatic N) is 3. The average Bonchev–Trinajstić information content (AvgIpc) is 2.53. The highest BCUT2D eigenvalue weighted by molar-refractivity contribution is 5.93. The van der Waals surface area contributed by atoms with Gasteiger partial charge in [0.15, 0.2) is 11.3 Å². The van der Waals surface area contributed by atoms with Crippen molar-refractivity contribution >= 4 is 17.1 Å². The van der Waals surface area contributed by atoms with Crippen LogP contribution in [-0.4, -0.2) is 46.9 Å². The molecule has 10 heteroatoms. The third-order valence-corrected chi connectivity index (χ3v) is 3.10. The Kier molecular flexibility index (Phi) is 5.50. The van der Waals surface area contributed by atoms with E-state index in [1.54, 1.807) is 11.4 Å². The van der Waals surface area contributed by atoms with Gasteiger partial charge in [-0.2, -0.15) is 13.2 Å². The number of carbonyl (C=O) groups excluding carboxylic acids is 1. The molecule has 0 unspecified atom stereocenters. The molecule has 2 aromatic heterocycles. The van der Waals surface area contributed by atoms with E-state index in [1.807, 2.05) is 0 Å². The number of nitrogens with one attached hydrogen (secondary N) is 1. The second kappa shape index (κ2) is 7.39. The molecule has 1 N–H and O–H groups in total. The first kappa shape index (κ1) is 17.9. The summed E-state index contributed by atoms with van der Waals surface area (Å²) in [5.41, 5.74) is -0.896. The van der Waals surface area contributed by atoms with Crippen molar-refractivity contribution in [2.45, 2.75) is 19.1 Å². The molecule has 7 nitrogen and oxygen atoms in total. The van der Waals surface area contributed by atoms with E-state index in [1.165, 1.54) is 23.9 Å². The summed E-state index contributed by atoms with van der Waals surface area (Å²) in [5, 5.41) is 1.65. The number of ether oxygens (including phenoxy) is 1. The van der Waals surface area contributed by atoms with E-state index < -0.39 is 29.9 Å². The fraction of sp³-hybridized carbons (Fsp3) is 0.429. The zero-order valence-corrected chi connectivity index (χ0v) is 12.8. The molecule has 0 radical (unpaired) electrons. The standard InChI is InChI=1S/C14H15F3N4O3/c1-24-7-3-6-21-11-9(4-2-5-18-11)20-10(13(21)23)12(22)19-8-14(15,16)17/h2,4-5H,3,6-8H2,1H3,(H,19,22). The average molecular weight is 344 g/mol. The van der Waals surface area contributed by atoms with Gasteiger partial charge in [0, 0.05) is 26.5 Å². The largest absolute Gasteiger partial charge is 0.405 e. The lowest BCUT2D eigenvalue weighted by atomic mass is 10.3. The van der Waals surface area contributed by atoms with Gasteiger partial charge in [0.1, 0.15) is 12.1 Å². The highest BCUT2D eigenvalue weighted by atomic mass is 19.4. The number of pyridine rings is 1. The van der Waals surface area contributed by atoms with Crippen LogP contribution >= 0.6 is 0 Å². The lowest BCUT2D eigenvalue weighted by molar-refractivity contribution is -0.123. The number of hydrogen-bond acceptors (Lipinski definition) is 5. The molecule has 0 saturated heterocycles. The van der Waals surface area contributed by atoms with Crippen molar-refractivity contribution in [3.8, 4) is 0 Å². The Bertz CT molecular complexity index is 789. The predicted octanol–water partition coefficient (Wildman–Crippen LogP) is 1.12. The summed E-state index contributed by atoms with van der Waals surface area (Å²) < 4.78 is 42.8. The van der Waals surface area contributed by atoms with Gasteiger partial charge in [-0.3, -0.25) is 14.2 Å². The van der Waals surface area contributed by atoms with Crippen LogP contribution in [0.5, 0.6) is 0 Å². The van der Waals surface area contributed by atoms with Crippen molar-refractivity contribution in [2.75, 3.05) is 20.3 Å². The maximum Gasteiger partial charge on any atom is 0.405 e. The summed E-state index contributed by atoms with van der Waals surface area (Å²) in [6.07, 6.45) is -2.65. The number of rotatable bonds is 6. The summed E-state index contributed by atoms with van der Waals surface area (Å²) in [4.78, 5) is 32.2. The summed E-state index contributed by atoms with van der Waals surface area (Å²) >= 11 is 0. The Morgan fingerprint density at radius 3 is 2.83 bits per heavy atom. The second-order valence-corrected chi connectivity index (χ2v) is 4.91. The van der Waals surface area contributed by atoms with E-state index in [0.29, 0.717) is 13.0 Å². The minimum absolute atomic E-state index is 0.197. The summed E-state index contributed by atoms with van der Waals surface area (Å²) in [7, 11) is 1.50. The normalized spacial score (nSPS) is 11.7. The van der Waals surface area contributed by atoms with Crippen LogP contribution < -0.4 is 10.9 Å². The quantitative estimate of drug-likeness (QED) is 0.794. The first-order valence-corrected chi connectivity index (χ1v) is 7.03. The Morgan fingerprint density at radius 2 is 2.17 bits per heavy atom. The minimum Gasteiger partial charge on any atom is -0.385 e. The molecule has 0 aliphatic carbocycles. The van der Waals surface area contributed by atoms with Crippen LogP contribution in [0.1, 0.15) is 16.9 Å². The van der Waals surface area contributed by atoms with Crippen LogP contribution in [0.4, 0.5) is 13.2 Å². The molecule has 0 aliphatic rings. The molecule has 130 valence electrons. The van der Waals surface area contributed by atoms with Crippen LogP contribution in [0.2, 0.25) is 0 Å². The van der Waals surface area contributed by atoms with Crippen LogP contribution in [0.15, 0.2) is 23.1 Å². The molecule has 2 aromatic rings. The van der Waals surface area contributed by atoms with Crippen molar-refractivity contribution in [3.63, 3.8) is 0 Å². The van der Waals surface area contributed by atoms with Gasteiger partial charge in [-0.15, -0.1) is 0 Å². The van der Waals surface area contributed by atoms with Gasteiger partial charge in [0.2, 0.25) is 0 Å². The van der Waals surface area contributed by atoms with Crippen molar-refractivity contribution < 1.29 is 22.7 Å². The Balaban J connectivity index is 2.41. The molecule has 2 heterocycles. The van der Waals surface area contributed by atoms with Crippen LogP contribution in [0, 0.1) is 0 Å².